The van der Waals surface area contributed by atoms with Gasteiger partial charge < -0.3 is 11.1 Å². The van der Waals surface area contributed by atoms with Gasteiger partial charge in [-0.1, -0.05) is 39.8 Å². The summed E-state index contributed by atoms with van der Waals surface area (Å²) in [5, 5.41) is 3.51. The number of benzene rings is 1. The molecule has 16 heavy (non-hydrogen) atoms. The summed E-state index contributed by atoms with van der Waals surface area (Å²) in [6, 6.07) is 8.18. The minimum atomic E-state index is 0.155. The topological polar surface area (TPSA) is 38.0 Å². The molecule has 0 saturated heterocycles. The lowest BCUT2D eigenvalue weighted by atomic mass is 9.84. The molecule has 90 valence electrons. The first kappa shape index (κ1) is 13.0. The van der Waals surface area contributed by atoms with Crippen molar-refractivity contribution in [3.05, 3.63) is 29.8 Å². The van der Waals surface area contributed by atoms with Gasteiger partial charge in [-0.25, -0.2) is 0 Å². The molecule has 0 fully saturated rings. The van der Waals surface area contributed by atoms with E-state index in [0.29, 0.717) is 5.92 Å². The summed E-state index contributed by atoms with van der Waals surface area (Å²) < 4.78 is 0. The molecule has 0 radical (unpaired) electrons. The smallest absolute Gasteiger partial charge is 0.0314 e. The van der Waals surface area contributed by atoms with E-state index in [1.807, 2.05) is 12.1 Å². The zero-order chi connectivity index (χ0) is 12.2. The van der Waals surface area contributed by atoms with Crippen LogP contribution in [0, 0.1) is 5.92 Å². The number of nitrogens with one attached hydrogen (secondary N) is 1. The molecule has 0 aromatic heterocycles. The van der Waals surface area contributed by atoms with Crippen LogP contribution < -0.4 is 11.1 Å². The fourth-order valence-electron chi connectivity index (χ4n) is 1.71. The highest BCUT2D eigenvalue weighted by Crippen LogP contribution is 2.23. The van der Waals surface area contributed by atoms with Crippen LogP contribution in [0.5, 0.6) is 0 Å². The van der Waals surface area contributed by atoms with Crippen molar-refractivity contribution in [2.75, 3.05) is 18.8 Å². The second-order valence-electron chi connectivity index (χ2n) is 5.53. The van der Waals surface area contributed by atoms with E-state index in [-0.39, 0.29) is 5.41 Å². The van der Waals surface area contributed by atoms with Gasteiger partial charge in [0.1, 0.15) is 0 Å². The van der Waals surface area contributed by atoms with E-state index in [1.165, 1.54) is 5.56 Å². The highest BCUT2D eigenvalue weighted by atomic mass is 14.9. The fraction of sp³-hybridized carbons (Fsp3) is 0.571. The average molecular weight is 220 g/mol. The maximum absolute atomic E-state index is 5.69. The van der Waals surface area contributed by atoms with Gasteiger partial charge >= 0.3 is 0 Å². The molecule has 0 unspecified atom stereocenters. The van der Waals surface area contributed by atoms with Crippen molar-refractivity contribution in [1.29, 1.82) is 0 Å². The van der Waals surface area contributed by atoms with Gasteiger partial charge in [0, 0.05) is 17.6 Å². The van der Waals surface area contributed by atoms with Crippen LogP contribution in [0.25, 0.3) is 0 Å². The molecule has 1 rings (SSSR count). The van der Waals surface area contributed by atoms with Crippen molar-refractivity contribution in [1.82, 2.24) is 5.32 Å². The van der Waals surface area contributed by atoms with Crippen LogP contribution in [0.4, 0.5) is 5.69 Å². The Bertz CT molecular complexity index is 312. The van der Waals surface area contributed by atoms with Crippen molar-refractivity contribution in [3.63, 3.8) is 0 Å². The number of hydrogen-bond donors (Lipinski definition) is 2. The van der Waals surface area contributed by atoms with Crippen LogP contribution in [-0.2, 0) is 5.41 Å². The zero-order valence-corrected chi connectivity index (χ0v) is 10.9. The van der Waals surface area contributed by atoms with E-state index >= 15 is 0 Å². The molecule has 2 heteroatoms. The van der Waals surface area contributed by atoms with Gasteiger partial charge in [0.25, 0.3) is 0 Å². The zero-order valence-electron chi connectivity index (χ0n) is 10.9. The van der Waals surface area contributed by atoms with Crippen molar-refractivity contribution < 1.29 is 0 Å². The van der Waals surface area contributed by atoms with Crippen LogP contribution in [0.1, 0.15) is 33.3 Å². The molecule has 0 bridgehead atoms. The third-order valence-electron chi connectivity index (χ3n) is 2.81. The molecule has 1 aromatic rings. The summed E-state index contributed by atoms with van der Waals surface area (Å²) in [6.45, 7) is 11.0. The second kappa shape index (κ2) is 5.35. The predicted octanol–water partition coefficient (Wildman–Crippen LogP) is 2.79. The molecule has 0 aliphatic rings. The molecular formula is C14H24N2. The van der Waals surface area contributed by atoms with Gasteiger partial charge in [-0.2, -0.15) is 0 Å². The summed E-state index contributed by atoms with van der Waals surface area (Å²) in [5.41, 5.74) is 8.01. The Hall–Kier alpha value is -1.02. The molecule has 1 aromatic carbocycles. The molecular weight excluding hydrogens is 196 g/mol. The van der Waals surface area contributed by atoms with Crippen molar-refractivity contribution in [3.8, 4) is 0 Å². The number of anilines is 1. The largest absolute Gasteiger partial charge is 0.399 e. The van der Waals surface area contributed by atoms with Gasteiger partial charge in [0.05, 0.1) is 0 Å². The molecule has 0 aliphatic carbocycles. The minimum absolute atomic E-state index is 0.155. The first-order valence-corrected chi connectivity index (χ1v) is 5.98. The third kappa shape index (κ3) is 3.86. The first-order valence-electron chi connectivity index (χ1n) is 5.98. The lowest BCUT2D eigenvalue weighted by Crippen LogP contribution is -2.34. The van der Waals surface area contributed by atoms with Gasteiger partial charge in [-0.05, 0) is 30.2 Å². The molecule has 0 atom stereocenters. The fourth-order valence-corrected chi connectivity index (χ4v) is 1.71. The Kier molecular flexibility index (Phi) is 4.36. The van der Waals surface area contributed by atoms with Crippen molar-refractivity contribution in [2.24, 2.45) is 5.92 Å². The van der Waals surface area contributed by atoms with Gasteiger partial charge in [-0.3, -0.25) is 0 Å². The second-order valence-corrected chi connectivity index (χ2v) is 5.53. The molecule has 0 spiro atoms. The summed E-state index contributed by atoms with van der Waals surface area (Å²) in [6.07, 6.45) is 0. The molecule has 3 N–H and O–H groups in total. The summed E-state index contributed by atoms with van der Waals surface area (Å²) in [5.74, 6) is 0.696. The SMILES string of the molecule is CC(C)CNCC(C)(C)c1ccc(N)cc1. The highest BCUT2D eigenvalue weighted by Gasteiger charge is 2.19. The van der Waals surface area contributed by atoms with E-state index < -0.39 is 0 Å². The number of nitrogens with two attached hydrogens (primary N) is 1. The molecule has 0 heterocycles. The predicted molar refractivity (Wildman–Crippen MR) is 71.6 cm³/mol. The first-order chi connectivity index (χ1) is 7.42. The van der Waals surface area contributed by atoms with E-state index in [9.17, 15) is 0 Å². The van der Waals surface area contributed by atoms with E-state index in [2.05, 4.69) is 45.1 Å². The lowest BCUT2D eigenvalue weighted by Gasteiger charge is -2.26. The van der Waals surface area contributed by atoms with Crippen molar-refractivity contribution in [2.45, 2.75) is 33.1 Å². The van der Waals surface area contributed by atoms with E-state index in [0.717, 1.165) is 18.8 Å². The molecule has 0 saturated carbocycles. The quantitative estimate of drug-likeness (QED) is 0.749. The Labute approximate surface area is 99.2 Å². The molecule has 2 nitrogen and oxygen atoms in total. The standard InChI is InChI=1S/C14H24N2/c1-11(2)9-16-10-14(3,4)12-5-7-13(15)8-6-12/h5-8,11,16H,9-10,15H2,1-4H3. The minimum Gasteiger partial charge on any atom is -0.399 e. The Morgan fingerprint density at radius 3 is 2.25 bits per heavy atom. The maximum atomic E-state index is 5.69. The van der Waals surface area contributed by atoms with Crippen molar-refractivity contribution >= 4 is 5.69 Å². The maximum Gasteiger partial charge on any atom is 0.0314 e. The average Bonchev–Trinajstić information content (AvgIpc) is 2.17. The third-order valence-corrected chi connectivity index (χ3v) is 2.81. The molecule has 0 aliphatic heterocycles. The van der Waals surface area contributed by atoms with E-state index in [1.54, 1.807) is 0 Å². The lowest BCUT2D eigenvalue weighted by molar-refractivity contribution is 0.443. The van der Waals surface area contributed by atoms with Gasteiger partial charge in [-0.15, -0.1) is 0 Å². The van der Waals surface area contributed by atoms with Crippen LogP contribution >= 0.6 is 0 Å². The van der Waals surface area contributed by atoms with Crippen LogP contribution in [0.15, 0.2) is 24.3 Å². The summed E-state index contributed by atoms with van der Waals surface area (Å²) >= 11 is 0. The number of hydrogen-bond acceptors (Lipinski definition) is 2. The van der Waals surface area contributed by atoms with Gasteiger partial charge in [0.2, 0.25) is 0 Å². The van der Waals surface area contributed by atoms with E-state index in [4.69, 9.17) is 5.73 Å². The molecule has 0 amide bonds. The van der Waals surface area contributed by atoms with Crippen LogP contribution in [-0.4, -0.2) is 13.1 Å². The number of nitrogen functional groups attached to an aromatic ring is 1. The van der Waals surface area contributed by atoms with Crippen LogP contribution in [0.3, 0.4) is 0 Å². The highest BCUT2D eigenvalue weighted by molar-refractivity contribution is 5.41. The Balaban J connectivity index is 2.59. The summed E-state index contributed by atoms with van der Waals surface area (Å²) in [7, 11) is 0. The number of rotatable bonds is 5. The van der Waals surface area contributed by atoms with Crippen LogP contribution in [0.2, 0.25) is 0 Å². The monoisotopic (exact) mass is 220 g/mol. The Morgan fingerprint density at radius 1 is 1.19 bits per heavy atom. The Morgan fingerprint density at radius 2 is 1.75 bits per heavy atom. The normalized spacial score (nSPS) is 12.1. The summed E-state index contributed by atoms with van der Waals surface area (Å²) in [4.78, 5) is 0. The van der Waals surface area contributed by atoms with Gasteiger partial charge in [0.15, 0.2) is 0 Å².